The second kappa shape index (κ2) is 3.85. The Balaban J connectivity index is 2.46. The van der Waals surface area contributed by atoms with Crippen LogP contribution in [0.4, 0.5) is 4.79 Å². The van der Waals surface area contributed by atoms with E-state index in [2.05, 4.69) is 0 Å². The van der Waals surface area contributed by atoms with E-state index >= 15 is 0 Å². The van der Waals surface area contributed by atoms with Crippen LogP contribution in [-0.2, 0) is 4.74 Å². The molecule has 2 bridgehead atoms. The molecule has 0 spiro atoms. The average Bonchev–Trinajstić information content (AvgIpc) is 2.51. The average molecular weight is 243 g/mol. The highest BCUT2D eigenvalue weighted by molar-refractivity contribution is 5.67. The van der Waals surface area contributed by atoms with Gasteiger partial charge in [0.05, 0.1) is 18.2 Å². The molecule has 5 nitrogen and oxygen atoms in total. The number of nitrogens with zero attached hydrogens (tertiary/aromatic N) is 1. The van der Waals surface area contributed by atoms with Gasteiger partial charge in [-0.25, -0.2) is 4.79 Å². The van der Waals surface area contributed by atoms with Crippen molar-refractivity contribution in [2.75, 3.05) is 13.2 Å². The zero-order chi connectivity index (χ0) is 12.8. The van der Waals surface area contributed by atoms with Crippen LogP contribution >= 0.6 is 0 Å². The summed E-state index contributed by atoms with van der Waals surface area (Å²) < 4.78 is 5.79. The van der Waals surface area contributed by atoms with Gasteiger partial charge in [0.1, 0.15) is 6.10 Å². The lowest BCUT2D eigenvalue weighted by Gasteiger charge is -2.52. The molecule has 0 saturated carbocycles. The van der Waals surface area contributed by atoms with Gasteiger partial charge in [-0.1, -0.05) is 20.8 Å². The van der Waals surface area contributed by atoms with E-state index in [0.29, 0.717) is 13.0 Å². The summed E-state index contributed by atoms with van der Waals surface area (Å²) in [5.41, 5.74) is -0.857. The van der Waals surface area contributed by atoms with Crippen molar-refractivity contribution < 1.29 is 19.7 Å². The lowest BCUT2D eigenvalue weighted by Crippen LogP contribution is -2.65. The number of hydrogen-bond donors (Lipinski definition) is 2. The fourth-order valence-corrected chi connectivity index (χ4v) is 3.45. The molecular weight excluding hydrogens is 222 g/mol. The van der Waals surface area contributed by atoms with Gasteiger partial charge in [-0.15, -0.1) is 0 Å². The Labute approximate surface area is 101 Å². The summed E-state index contributed by atoms with van der Waals surface area (Å²) in [4.78, 5) is 12.9. The molecule has 2 heterocycles. The molecule has 98 valence electrons. The van der Waals surface area contributed by atoms with Crippen LogP contribution in [0, 0.1) is 5.41 Å². The molecule has 2 saturated heterocycles. The molecule has 0 aromatic heterocycles. The van der Waals surface area contributed by atoms with Gasteiger partial charge in [-0.3, -0.25) is 4.90 Å². The largest absolute Gasteiger partial charge is 0.465 e. The summed E-state index contributed by atoms with van der Waals surface area (Å²) in [6.07, 6.45) is 0.171. The van der Waals surface area contributed by atoms with E-state index in [1.165, 1.54) is 4.90 Å². The molecule has 0 radical (unpaired) electrons. The fraction of sp³-hybridized carbons (Fsp3) is 0.917. The van der Waals surface area contributed by atoms with Crippen molar-refractivity contribution in [1.29, 1.82) is 0 Å². The van der Waals surface area contributed by atoms with E-state index in [1.807, 2.05) is 20.8 Å². The minimum Gasteiger partial charge on any atom is -0.465 e. The number of likely N-dealkylation sites (tertiary alicyclic amines) is 1. The van der Waals surface area contributed by atoms with Gasteiger partial charge in [0.25, 0.3) is 0 Å². The molecule has 0 aromatic carbocycles. The monoisotopic (exact) mass is 243 g/mol. The lowest BCUT2D eigenvalue weighted by atomic mass is 9.66. The first-order chi connectivity index (χ1) is 7.83. The van der Waals surface area contributed by atoms with E-state index in [9.17, 15) is 15.0 Å². The van der Waals surface area contributed by atoms with Crippen molar-refractivity contribution in [3.8, 4) is 0 Å². The zero-order valence-electron chi connectivity index (χ0n) is 10.6. The number of ether oxygens (including phenoxy) is 1. The topological polar surface area (TPSA) is 70.0 Å². The molecule has 3 atom stereocenters. The van der Waals surface area contributed by atoms with Gasteiger partial charge in [0, 0.05) is 13.0 Å². The maximum atomic E-state index is 11.4. The maximum Gasteiger partial charge on any atom is 0.407 e. The Morgan fingerprint density at radius 3 is 2.65 bits per heavy atom. The fourth-order valence-electron chi connectivity index (χ4n) is 3.45. The van der Waals surface area contributed by atoms with Gasteiger partial charge in [-0.2, -0.15) is 0 Å². The summed E-state index contributed by atoms with van der Waals surface area (Å²) in [6, 6.07) is 0. The molecule has 0 aromatic rings. The molecular formula is C12H21NO4. The van der Waals surface area contributed by atoms with Crippen LogP contribution in [0.25, 0.3) is 0 Å². The molecule has 2 fully saturated rings. The van der Waals surface area contributed by atoms with Crippen LogP contribution < -0.4 is 0 Å². The molecule has 0 aliphatic carbocycles. The number of hydrogen-bond acceptors (Lipinski definition) is 3. The molecule has 17 heavy (non-hydrogen) atoms. The lowest BCUT2D eigenvalue weighted by molar-refractivity contribution is -0.0638. The summed E-state index contributed by atoms with van der Waals surface area (Å²) in [7, 11) is 0. The van der Waals surface area contributed by atoms with Crippen molar-refractivity contribution >= 4 is 6.09 Å². The van der Waals surface area contributed by atoms with Crippen LogP contribution in [0.2, 0.25) is 0 Å². The van der Waals surface area contributed by atoms with Crippen molar-refractivity contribution in [1.82, 2.24) is 4.90 Å². The quantitative estimate of drug-likeness (QED) is 0.728. The maximum absolute atomic E-state index is 11.4. The minimum atomic E-state index is -0.915. The number of carbonyl (C=O) groups is 1. The number of carboxylic acid groups (broad SMARTS) is 1. The first kappa shape index (κ1) is 12.6. The predicted molar refractivity (Wildman–Crippen MR) is 61.9 cm³/mol. The first-order valence-electron chi connectivity index (χ1n) is 6.10. The molecule has 2 rings (SSSR count). The summed E-state index contributed by atoms with van der Waals surface area (Å²) in [5, 5.41) is 18.9. The molecule has 2 N–H and O–H groups in total. The predicted octanol–water partition coefficient (Wildman–Crippen LogP) is 1.30. The number of fused-ring (bicyclic) bond motifs is 2. The number of rotatable bonds is 1. The van der Waals surface area contributed by atoms with E-state index in [-0.39, 0.29) is 18.1 Å². The van der Waals surface area contributed by atoms with Crippen molar-refractivity contribution in [2.24, 2.45) is 5.41 Å². The Morgan fingerprint density at radius 2 is 2.18 bits per heavy atom. The van der Waals surface area contributed by atoms with Gasteiger partial charge < -0.3 is 14.9 Å². The third-order valence-electron chi connectivity index (χ3n) is 4.28. The normalized spacial score (nSPS) is 37.3. The van der Waals surface area contributed by atoms with E-state index < -0.39 is 17.7 Å². The second-order valence-electron chi connectivity index (χ2n) is 6.03. The van der Waals surface area contributed by atoms with Crippen LogP contribution in [0.3, 0.4) is 0 Å². The highest BCUT2D eigenvalue weighted by atomic mass is 16.5. The van der Waals surface area contributed by atoms with Crippen LogP contribution in [0.1, 0.15) is 33.6 Å². The number of aliphatic hydroxyl groups excluding tert-OH is 1. The highest BCUT2D eigenvalue weighted by Crippen LogP contribution is 2.51. The Kier molecular flexibility index (Phi) is 2.86. The second-order valence-corrected chi connectivity index (χ2v) is 6.03. The SMILES string of the molecule is CC(C)(C)C12CC(CCN1C(=O)O)O[C@@H]2CO. The first-order valence-corrected chi connectivity index (χ1v) is 6.10. The zero-order valence-corrected chi connectivity index (χ0v) is 10.6. The molecule has 2 aliphatic rings. The third kappa shape index (κ3) is 1.64. The van der Waals surface area contributed by atoms with Gasteiger partial charge in [-0.05, 0) is 11.8 Å². The smallest absolute Gasteiger partial charge is 0.407 e. The van der Waals surface area contributed by atoms with Gasteiger partial charge in [0.2, 0.25) is 0 Å². The minimum absolute atomic E-state index is 0.0852. The highest BCUT2D eigenvalue weighted by Gasteiger charge is 2.62. The Bertz CT molecular complexity index is 325. The van der Waals surface area contributed by atoms with Crippen molar-refractivity contribution in [3.05, 3.63) is 0 Å². The van der Waals surface area contributed by atoms with Gasteiger partial charge >= 0.3 is 6.09 Å². The number of aliphatic hydroxyl groups is 1. The third-order valence-corrected chi connectivity index (χ3v) is 4.28. The Morgan fingerprint density at radius 1 is 1.53 bits per heavy atom. The van der Waals surface area contributed by atoms with Crippen LogP contribution in [0.15, 0.2) is 0 Å². The van der Waals surface area contributed by atoms with Crippen molar-refractivity contribution in [2.45, 2.75) is 51.4 Å². The van der Waals surface area contributed by atoms with Crippen LogP contribution in [0.5, 0.6) is 0 Å². The van der Waals surface area contributed by atoms with E-state index in [4.69, 9.17) is 4.74 Å². The summed E-state index contributed by atoms with van der Waals surface area (Å²) in [6.45, 7) is 6.42. The summed E-state index contributed by atoms with van der Waals surface area (Å²) in [5.74, 6) is 0. The molecule has 1 amide bonds. The van der Waals surface area contributed by atoms with Crippen LogP contribution in [-0.4, -0.2) is 52.1 Å². The van der Waals surface area contributed by atoms with E-state index in [0.717, 1.165) is 6.42 Å². The summed E-state index contributed by atoms with van der Waals surface area (Å²) >= 11 is 0. The number of amides is 1. The molecule has 2 aliphatic heterocycles. The molecule has 2 unspecified atom stereocenters. The van der Waals surface area contributed by atoms with E-state index in [1.54, 1.807) is 0 Å². The number of piperidine rings is 1. The Hall–Kier alpha value is -0.810. The standard InChI is InChI=1S/C12H21NO4/c1-11(2,3)12-6-8(17-9(12)7-14)4-5-13(12)10(15)16/h8-9,14H,4-7H2,1-3H3,(H,15,16)/t8?,9-,12?/m1/s1. The molecule has 5 heteroatoms. The van der Waals surface area contributed by atoms with Crippen molar-refractivity contribution in [3.63, 3.8) is 0 Å². The van der Waals surface area contributed by atoms with Gasteiger partial charge in [0.15, 0.2) is 0 Å².